The summed E-state index contributed by atoms with van der Waals surface area (Å²) in [5.41, 5.74) is 2.07. The van der Waals surface area contributed by atoms with Crippen LogP contribution in [0.2, 0.25) is 0 Å². The van der Waals surface area contributed by atoms with E-state index in [1.807, 2.05) is 53.2 Å². The molecule has 1 N–H and O–H groups in total. The molecule has 0 saturated carbocycles. The van der Waals surface area contributed by atoms with Crippen molar-refractivity contribution in [1.29, 1.82) is 0 Å². The zero-order chi connectivity index (χ0) is 16.8. The maximum atomic E-state index is 12.3. The molecular formula is C20H24N2O2. The summed E-state index contributed by atoms with van der Waals surface area (Å²) in [5, 5.41) is 3.40. The van der Waals surface area contributed by atoms with Crippen molar-refractivity contribution in [3.05, 3.63) is 64.1 Å². The van der Waals surface area contributed by atoms with Crippen LogP contribution in [0, 0.1) is 5.92 Å². The van der Waals surface area contributed by atoms with Crippen LogP contribution in [-0.4, -0.2) is 24.8 Å². The van der Waals surface area contributed by atoms with Crippen molar-refractivity contribution in [2.24, 2.45) is 5.92 Å². The SMILES string of the molecule is COc1ccc(/C=C/c2ccn(CC3CCCNC3)c(=O)c2)cc1. The van der Waals surface area contributed by atoms with Crippen molar-refractivity contribution in [2.75, 3.05) is 20.2 Å². The normalized spacial score (nSPS) is 18.0. The fourth-order valence-electron chi connectivity index (χ4n) is 3.04. The largest absolute Gasteiger partial charge is 0.497 e. The number of aromatic nitrogens is 1. The molecule has 3 rings (SSSR count). The van der Waals surface area contributed by atoms with Crippen LogP contribution in [-0.2, 0) is 6.54 Å². The van der Waals surface area contributed by atoms with Gasteiger partial charge >= 0.3 is 0 Å². The lowest BCUT2D eigenvalue weighted by molar-refractivity contribution is 0.334. The molecule has 2 aromatic rings. The summed E-state index contributed by atoms with van der Waals surface area (Å²) in [6, 6.07) is 11.5. The van der Waals surface area contributed by atoms with E-state index < -0.39 is 0 Å². The molecule has 1 fully saturated rings. The molecular weight excluding hydrogens is 300 g/mol. The highest BCUT2D eigenvalue weighted by Gasteiger charge is 2.13. The van der Waals surface area contributed by atoms with E-state index in [0.29, 0.717) is 5.92 Å². The summed E-state index contributed by atoms with van der Waals surface area (Å²) in [6.45, 7) is 2.90. The van der Waals surface area contributed by atoms with E-state index in [1.165, 1.54) is 12.8 Å². The summed E-state index contributed by atoms with van der Waals surface area (Å²) in [4.78, 5) is 12.3. The number of rotatable bonds is 5. The van der Waals surface area contributed by atoms with E-state index in [2.05, 4.69) is 5.32 Å². The number of benzene rings is 1. The second kappa shape index (κ2) is 7.97. The van der Waals surface area contributed by atoms with Gasteiger partial charge in [-0.3, -0.25) is 4.79 Å². The van der Waals surface area contributed by atoms with Gasteiger partial charge in [0.05, 0.1) is 7.11 Å². The number of nitrogens with one attached hydrogen (secondary N) is 1. The van der Waals surface area contributed by atoms with Gasteiger partial charge in [0, 0.05) is 18.8 Å². The quantitative estimate of drug-likeness (QED) is 0.919. The molecule has 1 aliphatic rings. The van der Waals surface area contributed by atoms with Crippen LogP contribution in [0.3, 0.4) is 0 Å². The number of hydrogen-bond donors (Lipinski definition) is 1. The van der Waals surface area contributed by atoms with E-state index in [-0.39, 0.29) is 5.56 Å². The van der Waals surface area contributed by atoms with Gasteiger partial charge in [-0.1, -0.05) is 24.3 Å². The van der Waals surface area contributed by atoms with Crippen molar-refractivity contribution >= 4 is 12.2 Å². The second-order valence-corrected chi connectivity index (χ2v) is 6.27. The monoisotopic (exact) mass is 324 g/mol. The topological polar surface area (TPSA) is 43.3 Å². The zero-order valence-electron chi connectivity index (χ0n) is 14.1. The third kappa shape index (κ3) is 4.36. The van der Waals surface area contributed by atoms with E-state index in [9.17, 15) is 4.79 Å². The smallest absolute Gasteiger partial charge is 0.251 e. The Morgan fingerprint density at radius 3 is 2.67 bits per heavy atom. The fourth-order valence-corrected chi connectivity index (χ4v) is 3.04. The number of piperidine rings is 1. The molecule has 0 bridgehead atoms. The van der Waals surface area contributed by atoms with Crippen molar-refractivity contribution < 1.29 is 4.74 Å². The third-order valence-electron chi connectivity index (χ3n) is 4.46. The number of methoxy groups -OCH3 is 1. The molecule has 0 aliphatic carbocycles. The van der Waals surface area contributed by atoms with Gasteiger partial charge in [0.1, 0.15) is 5.75 Å². The lowest BCUT2D eigenvalue weighted by Gasteiger charge is -2.23. The fraction of sp³-hybridized carbons (Fsp3) is 0.350. The van der Waals surface area contributed by atoms with Gasteiger partial charge < -0.3 is 14.6 Å². The van der Waals surface area contributed by atoms with Crippen molar-refractivity contribution in [1.82, 2.24) is 9.88 Å². The molecule has 1 saturated heterocycles. The molecule has 1 atom stereocenters. The van der Waals surface area contributed by atoms with Crippen LogP contribution in [0.4, 0.5) is 0 Å². The standard InChI is InChI=1S/C20H24N2O2/c1-24-19-8-6-16(7-9-19)4-5-17-10-12-22(20(23)13-17)15-18-3-2-11-21-14-18/h4-10,12-13,18,21H,2-3,11,14-15H2,1H3/b5-4+. The van der Waals surface area contributed by atoms with Gasteiger partial charge in [0.15, 0.2) is 0 Å². The predicted molar refractivity (Wildman–Crippen MR) is 98.2 cm³/mol. The summed E-state index contributed by atoms with van der Waals surface area (Å²) < 4.78 is 6.97. The average molecular weight is 324 g/mol. The first-order chi connectivity index (χ1) is 11.7. The first-order valence-electron chi connectivity index (χ1n) is 8.48. The Bertz CT molecular complexity index is 741. The molecule has 0 radical (unpaired) electrons. The number of pyridine rings is 1. The van der Waals surface area contributed by atoms with E-state index >= 15 is 0 Å². The highest BCUT2D eigenvalue weighted by atomic mass is 16.5. The molecule has 1 unspecified atom stereocenters. The summed E-state index contributed by atoms with van der Waals surface area (Å²) in [6.07, 6.45) is 8.27. The summed E-state index contributed by atoms with van der Waals surface area (Å²) in [7, 11) is 1.66. The van der Waals surface area contributed by atoms with Crippen LogP contribution in [0.5, 0.6) is 5.75 Å². The van der Waals surface area contributed by atoms with Gasteiger partial charge in [-0.15, -0.1) is 0 Å². The van der Waals surface area contributed by atoms with Crippen molar-refractivity contribution in [3.63, 3.8) is 0 Å². The van der Waals surface area contributed by atoms with Crippen LogP contribution >= 0.6 is 0 Å². The highest BCUT2D eigenvalue weighted by Crippen LogP contribution is 2.14. The number of hydrogen-bond acceptors (Lipinski definition) is 3. The number of nitrogens with zero attached hydrogens (tertiary/aromatic N) is 1. The average Bonchev–Trinajstić information content (AvgIpc) is 2.63. The predicted octanol–water partition coefficient (Wildman–Crippen LogP) is 3.03. The number of ether oxygens (including phenoxy) is 1. The van der Waals surface area contributed by atoms with Crippen LogP contribution in [0.1, 0.15) is 24.0 Å². The minimum absolute atomic E-state index is 0.0671. The highest BCUT2D eigenvalue weighted by molar-refractivity contribution is 5.69. The molecule has 0 spiro atoms. The Balaban J connectivity index is 1.67. The molecule has 126 valence electrons. The Labute approximate surface area is 142 Å². The zero-order valence-corrected chi connectivity index (χ0v) is 14.1. The Hall–Kier alpha value is -2.33. The van der Waals surface area contributed by atoms with Gasteiger partial charge in [-0.25, -0.2) is 0 Å². The summed E-state index contributed by atoms with van der Waals surface area (Å²) in [5.74, 6) is 1.39. The molecule has 4 nitrogen and oxygen atoms in total. The molecule has 1 aromatic heterocycles. The van der Waals surface area contributed by atoms with Crippen LogP contribution in [0.25, 0.3) is 12.2 Å². The van der Waals surface area contributed by atoms with Gasteiger partial charge in [-0.2, -0.15) is 0 Å². The molecule has 0 amide bonds. The minimum Gasteiger partial charge on any atom is -0.497 e. The molecule has 4 heteroatoms. The van der Waals surface area contributed by atoms with E-state index in [0.717, 1.165) is 36.5 Å². The molecule has 2 heterocycles. The first kappa shape index (κ1) is 16.5. The van der Waals surface area contributed by atoms with Gasteiger partial charge in [-0.05, 0) is 61.2 Å². The van der Waals surface area contributed by atoms with Gasteiger partial charge in [0.2, 0.25) is 0 Å². The Morgan fingerprint density at radius 2 is 2.00 bits per heavy atom. The lowest BCUT2D eigenvalue weighted by atomic mass is 9.99. The lowest BCUT2D eigenvalue weighted by Crippen LogP contribution is -2.34. The maximum Gasteiger partial charge on any atom is 0.251 e. The molecule has 24 heavy (non-hydrogen) atoms. The Morgan fingerprint density at radius 1 is 1.21 bits per heavy atom. The Kier molecular flexibility index (Phi) is 5.49. The molecule has 1 aliphatic heterocycles. The maximum absolute atomic E-state index is 12.3. The molecule has 1 aromatic carbocycles. The van der Waals surface area contributed by atoms with Crippen molar-refractivity contribution in [3.8, 4) is 5.75 Å². The summed E-state index contributed by atoms with van der Waals surface area (Å²) >= 11 is 0. The van der Waals surface area contributed by atoms with Crippen LogP contribution < -0.4 is 15.6 Å². The van der Waals surface area contributed by atoms with Crippen LogP contribution in [0.15, 0.2) is 47.4 Å². The van der Waals surface area contributed by atoms with Gasteiger partial charge in [0.25, 0.3) is 5.56 Å². The van der Waals surface area contributed by atoms with E-state index in [1.54, 1.807) is 13.2 Å². The minimum atomic E-state index is 0.0671. The van der Waals surface area contributed by atoms with E-state index in [4.69, 9.17) is 4.74 Å². The third-order valence-corrected chi connectivity index (χ3v) is 4.46. The van der Waals surface area contributed by atoms with Crippen molar-refractivity contribution in [2.45, 2.75) is 19.4 Å². The first-order valence-corrected chi connectivity index (χ1v) is 8.48. The second-order valence-electron chi connectivity index (χ2n) is 6.27.